The zero-order chi connectivity index (χ0) is 19.6. The monoisotopic (exact) mass is 396 g/mol. The summed E-state index contributed by atoms with van der Waals surface area (Å²) in [5.74, 6) is 2.28. The highest BCUT2D eigenvalue weighted by molar-refractivity contribution is 5.63. The number of ether oxygens (including phenoxy) is 2. The minimum absolute atomic E-state index is 0.0241. The lowest BCUT2D eigenvalue weighted by Crippen LogP contribution is -2.81. The number of piperidine rings is 1. The molecule has 5 heteroatoms. The van der Waals surface area contributed by atoms with Gasteiger partial charge in [0, 0.05) is 42.0 Å². The molecule has 1 aromatic rings. The minimum atomic E-state index is -0.334. The van der Waals surface area contributed by atoms with Gasteiger partial charge in [-0.05, 0) is 75.6 Å². The van der Waals surface area contributed by atoms with Crippen molar-refractivity contribution in [3.05, 3.63) is 23.3 Å². The number of hydrogen-bond donors (Lipinski definition) is 2. The van der Waals surface area contributed by atoms with Gasteiger partial charge in [-0.2, -0.15) is 0 Å². The summed E-state index contributed by atoms with van der Waals surface area (Å²) in [5, 5.41) is 10.8. The molecule has 6 atom stereocenters. The maximum Gasteiger partial charge on any atom is 0.165 e. The molecule has 1 saturated heterocycles. The number of likely N-dealkylation sites (tertiary alicyclic amines) is 1. The smallest absolute Gasteiger partial charge is 0.165 e. The molecule has 3 N–H and O–H groups in total. The van der Waals surface area contributed by atoms with Crippen molar-refractivity contribution in [2.24, 2.45) is 23.0 Å². The number of phenolic OH excluding ortho intramolecular Hbond substituents is 1. The summed E-state index contributed by atoms with van der Waals surface area (Å²) in [7, 11) is 1.85. The molecule has 0 radical (unpaired) electrons. The number of methoxy groups -OCH3 is 1. The molecular weight excluding hydrogens is 364 g/mol. The fraction of sp³-hybridized carbons (Fsp3) is 0.750. The second-order valence-corrected chi connectivity index (χ2v) is 10.8. The first-order valence-electron chi connectivity index (χ1n) is 11.6. The Kier molecular flexibility index (Phi) is 3.18. The predicted octanol–water partition coefficient (Wildman–Crippen LogP) is 2.58. The van der Waals surface area contributed by atoms with Crippen LogP contribution >= 0.6 is 0 Å². The quantitative estimate of drug-likeness (QED) is 0.819. The third-order valence-electron chi connectivity index (χ3n) is 10.1. The van der Waals surface area contributed by atoms with E-state index in [1.54, 1.807) is 0 Å². The van der Waals surface area contributed by atoms with Crippen LogP contribution in [0.3, 0.4) is 0 Å². The molecule has 29 heavy (non-hydrogen) atoms. The van der Waals surface area contributed by atoms with E-state index in [-0.39, 0.29) is 22.5 Å². The number of fused-ring (bicyclic) bond motifs is 2. The van der Waals surface area contributed by atoms with Gasteiger partial charge in [0.15, 0.2) is 11.5 Å². The Hall–Kier alpha value is -1.30. The van der Waals surface area contributed by atoms with Gasteiger partial charge in [0.2, 0.25) is 0 Å². The van der Waals surface area contributed by atoms with Crippen LogP contribution in [0, 0.1) is 17.3 Å². The van der Waals surface area contributed by atoms with Crippen molar-refractivity contribution in [3.63, 3.8) is 0 Å². The van der Waals surface area contributed by atoms with Crippen molar-refractivity contribution in [2.45, 2.75) is 68.1 Å². The van der Waals surface area contributed by atoms with Crippen LogP contribution in [-0.4, -0.2) is 54.5 Å². The third-order valence-corrected chi connectivity index (χ3v) is 10.1. The number of hydrogen-bond acceptors (Lipinski definition) is 5. The second-order valence-electron chi connectivity index (χ2n) is 10.8. The summed E-state index contributed by atoms with van der Waals surface area (Å²) in [6.07, 6.45) is 8.34. The number of nitrogens with two attached hydrogens (primary N) is 1. The van der Waals surface area contributed by atoms with Gasteiger partial charge in [0.1, 0.15) is 11.7 Å². The number of aromatic hydroxyl groups is 1. The van der Waals surface area contributed by atoms with E-state index in [2.05, 4.69) is 11.0 Å². The lowest BCUT2D eigenvalue weighted by atomic mass is 9.35. The molecule has 4 saturated carbocycles. The van der Waals surface area contributed by atoms with E-state index in [9.17, 15) is 5.11 Å². The van der Waals surface area contributed by atoms with Gasteiger partial charge in [0.25, 0.3) is 0 Å². The molecule has 7 aliphatic rings. The van der Waals surface area contributed by atoms with Gasteiger partial charge in [-0.3, -0.25) is 4.90 Å². The maximum atomic E-state index is 10.8. The summed E-state index contributed by atoms with van der Waals surface area (Å²) in [6.45, 7) is 3.05. The van der Waals surface area contributed by atoms with E-state index in [4.69, 9.17) is 15.2 Å². The molecular formula is C24H32N2O3. The van der Waals surface area contributed by atoms with Crippen molar-refractivity contribution in [1.82, 2.24) is 4.90 Å². The summed E-state index contributed by atoms with van der Waals surface area (Å²) >= 11 is 0. The summed E-state index contributed by atoms with van der Waals surface area (Å²) in [4.78, 5) is 2.84. The fourth-order valence-electron chi connectivity index (χ4n) is 8.83. The number of rotatable bonds is 4. The van der Waals surface area contributed by atoms with Crippen molar-refractivity contribution < 1.29 is 14.6 Å². The Morgan fingerprint density at radius 1 is 1.28 bits per heavy atom. The number of benzene rings is 1. The summed E-state index contributed by atoms with van der Waals surface area (Å²) < 4.78 is 13.1. The molecule has 2 spiro atoms. The van der Waals surface area contributed by atoms with Crippen LogP contribution < -0.4 is 10.5 Å². The molecule has 5 fully saturated rings. The van der Waals surface area contributed by atoms with E-state index in [0.717, 1.165) is 43.9 Å². The van der Waals surface area contributed by atoms with Gasteiger partial charge >= 0.3 is 0 Å². The average molecular weight is 397 g/mol. The van der Waals surface area contributed by atoms with Crippen molar-refractivity contribution in [3.8, 4) is 11.5 Å². The van der Waals surface area contributed by atoms with E-state index in [0.29, 0.717) is 24.3 Å². The lowest BCUT2D eigenvalue weighted by Gasteiger charge is -2.74. The van der Waals surface area contributed by atoms with Gasteiger partial charge in [-0.25, -0.2) is 0 Å². The molecule has 156 valence electrons. The molecule has 5 aliphatic carbocycles. The minimum Gasteiger partial charge on any atom is -0.504 e. The Morgan fingerprint density at radius 2 is 2.14 bits per heavy atom. The van der Waals surface area contributed by atoms with Crippen LogP contribution in [-0.2, 0) is 16.6 Å². The second kappa shape index (κ2) is 5.30. The normalized spacial score (nSPS) is 46.5. The highest BCUT2D eigenvalue weighted by Crippen LogP contribution is 2.76. The first-order chi connectivity index (χ1) is 14.1. The van der Waals surface area contributed by atoms with Gasteiger partial charge < -0.3 is 20.3 Å². The van der Waals surface area contributed by atoms with Crippen LogP contribution in [0.1, 0.15) is 49.7 Å². The van der Waals surface area contributed by atoms with Crippen LogP contribution in [0.25, 0.3) is 0 Å². The van der Waals surface area contributed by atoms with Crippen LogP contribution in [0.5, 0.6) is 11.5 Å². The van der Waals surface area contributed by atoms with Crippen molar-refractivity contribution in [2.75, 3.05) is 26.7 Å². The summed E-state index contributed by atoms with van der Waals surface area (Å²) in [5.41, 5.74) is 8.94. The highest BCUT2D eigenvalue weighted by Gasteiger charge is 2.80. The topological polar surface area (TPSA) is 68.0 Å². The van der Waals surface area contributed by atoms with Gasteiger partial charge in [0.05, 0.1) is 0 Å². The first-order valence-corrected chi connectivity index (χ1v) is 11.6. The van der Waals surface area contributed by atoms with E-state index in [1.165, 1.54) is 36.9 Å². The largest absolute Gasteiger partial charge is 0.504 e. The highest BCUT2D eigenvalue weighted by atomic mass is 16.6. The molecule has 0 amide bonds. The van der Waals surface area contributed by atoms with Crippen molar-refractivity contribution in [1.29, 1.82) is 0 Å². The fourth-order valence-corrected chi connectivity index (χ4v) is 8.83. The SMILES string of the molecule is CO[C@]12CC[C@]3(C[C@@H]1CN)[C@H]1Cc4ccc(O)c5c4[C@@]3(CCN1CC1CC1)[C@H]2O5. The van der Waals surface area contributed by atoms with E-state index >= 15 is 0 Å². The molecule has 5 nitrogen and oxygen atoms in total. The molecule has 2 aliphatic heterocycles. The molecule has 1 aromatic carbocycles. The summed E-state index contributed by atoms with van der Waals surface area (Å²) in [6, 6.07) is 4.59. The van der Waals surface area contributed by atoms with Gasteiger partial charge in [-0.1, -0.05) is 6.07 Å². The lowest BCUT2D eigenvalue weighted by molar-refractivity contribution is -0.275. The van der Waals surface area contributed by atoms with E-state index in [1.807, 2.05) is 13.2 Å². The Bertz CT molecular complexity index is 900. The van der Waals surface area contributed by atoms with Crippen LogP contribution in [0.2, 0.25) is 0 Å². The molecule has 0 aromatic heterocycles. The third kappa shape index (κ3) is 1.74. The standard InChI is InChI=1S/C24H32N2O3/c1-28-24-7-6-22(11-16(24)12-25)18-10-15-4-5-17(27)20-19(15)23(22,21(24)29-20)8-9-26(18)13-14-2-3-14/h4-5,14,16,18,21,27H,2-3,6-13,25H2,1H3/t16-,18-,21-,22+,23+,24-/m1/s1. The van der Waals surface area contributed by atoms with Gasteiger partial charge in [-0.15, -0.1) is 0 Å². The number of nitrogens with zero attached hydrogens (tertiary/aromatic N) is 1. The molecule has 8 rings (SSSR count). The Balaban J connectivity index is 1.48. The Labute approximate surface area is 172 Å². The predicted molar refractivity (Wildman–Crippen MR) is 109 cm³/mol. The van der Waals surface area contributed by atoms with E-state index < -0.39 is 0 Å². The zero-order valence-electron chi connectivity index (χ0n) is 17.3. The molecule has 4 bridgehead atoms. The van der Waals surface area contributed by atoms with Crippen LogP contribution in [0.4, 0.5) is 0 Å². The Morgan fingerprint density at radius 3 is 2.90 bits per heavy atom. The molecule has 2 heterocycles. The molecule has 0 unspecified atom stereocenters. The first kappa shape index (κ1) is 17.4. The average Bonchev–Trinajstić information content (AvgIpc) is 3.48. The van der Waals surface area contributed by atoms with Crippen molar-refractivity contribution >= 4 is 0 Å². The zero-order valence-corrected chi connectivity index (χ0v) is 17.3. The number of phenols is 1. The van der Waals surface area contributed by atoms with Crippen LogP contribution in [0.15, 0.2) is 12.1 Å². The maximum absolute atomic E-state index is 10.8.